The van der Waals surface area contributed by atoms with E-state index in [0.29, 0.717) is 27.7 Å². The van der Waals surface area contributed by atoms with Crippen LogP contribution >= 0.6 is 11.6 Å². The predicted molar refractivity (Wildman–Crippen MR) is 89.0 cm³/mol. The summed E-state index contributed by atoms with van der Waals surface area (Å²) in [7, 11) is 1.48. The molecule has 7 heteroatoms. The smallest absolute Gasteiger partial charge is 0.232 e. The average molecular weight is 349 g/mol. The molecule has 0 bridgehead atoms. The Hall–Kier alpha value is -2.60. The minimum atomic E-state index is -0.724. The van der Waals surface area contributed by atoms with Gasteiger partial charge in [0.25, 0.3) is 0 Å². The monoisotopic (exact) mass is 348 g/mol. The first-order valence-electron chi connectivity index (χ1n) is 7.21. The molecule has 0 saturated heterocycles. The van der Waals surface area contributed by atoms with Crippen molar-refractivity contribution in [2.75, 3.05) is 17.7 Å². The molecule has 0 spiro atoms. The van der Waals surface area contributed by atoms with E-state index in [1.807, 2.05) is 0 Å². The molecule has 0 saturated carbocycles. The van der Waals surface area contributed by atoms with E-state index in [4.69, 9.17) is 16.3 Å². The van der Waals surface area contributed by atoms with Gasteiger partial charge in [-0.25, -0.2) is 4.39 Å². The van der Waals surface area contributed by atoms with E-state index >= 15 is 0 Å². The van der Waals surface area contributed by atoms with Crippen LogP contribution in [0.1, 0.15) is 17.9 Å². The van der Waals surface area contributed by atoms with Crippen molar-refractivity contribution in [2.45, 2.75) is 12.3 Å². The Labute approximate surface area is 142 Å². The molecule has 2 N–H and O–H groups in total. The summed E-state index contributed by atoms with van der Waals surface area (Å²) >= 11 is 5.95. The topological polar surface area (TPSA) is 67.4 Å². The zero-order valence-electron chi connectivity index (χ0n) is 12.7. The number of anilines is 2. The SMILES string of the molecule is COc1ccc(Cl)cc1NC(=O)C1CC(=O)Nc2cc(F)ccc21. The third kappa shape index (κ3) is 3.19. The molecule has 1 heterocycles. The van der Waals surface area contributed by atoms with Crippen LogP contribution in [-0.4, -0.2) is 18.9 Å². The summed E-state index contributed by atoms with van der Waals surface area (Å²) in [6.45, 7) is 0. The Bertz CT molecular complexity index is 825. The van der Waals surface area contributed by atoms with Crippen LogP contribution in [0.4, 0.5) is 15.8 Å². The Kier molecular flexibility index (Phi) is 4.40. The number of ether oxygens (including phenoxy) is 1. The molecule has 5 nitrogen and oxygen atoms in total. The number of methoxy groups -OCH3 is 1. The predicted octanol–water partition coefficient (Wildman–Crippen LogP) is 3.55. The molecule has 2 aromatic carbocycles. The molecule has 1 aliphatic rings. The van der Waals surface area contributed by atoms with Gasteiger partial charge in [-0.1, -0.05) is 17.7 Å². The van der Waals surface area contributed by atoms with Gasteiger partial charge < -0.3 is 15.4 Å². The van der Waals surface area contributed by atoms with Gasteiger partial charge in [-0.15, -0.1) is 0 Å². The molecule has 2 aromatic rings. The second kappa shape index (κ2) is 6.49. The fourth-order valence-corrected chi connectivity index (χ4v) is 2.84. The lowest BCUT2D eigenvalue weighted by atomic mass is 9.89. The van der Waals surface area contributed by atoms with Gasteiger partial charge in [0.05, 0.1) is 18.7 Å². The number of rotatable bonds is 3. The highest BCUT2D eigenvalue weighted by Gasteiger charge is 2.31. The van der Waals surface area contributed by atoms with Crippen LogP contribution in [0.15, 0.2) is 36.4 Å². The first-order valence-corrected chi connectivity index (χ1v) is 7.59. The van der Waals surface area contributed by atoms with E-state index in [0.717, 1.165) is 0 Å². The van der Waals surface area contributed by atoms with Gasteiger partial charge in [-0.05, 0) is 35.9 Å². The first kappa shape index (κ1) is 16.3. The molecule has 1 unspecified atom stereocenters. The lowest BCUT2D eigenvalue weighted by Crippen LogP contribution is -2.31. The van der Waals surface area contributed by atoms with Crippen LogP contribution in [-0.2, 0) is 9.59 Å². The molecule has 0 fully saturated rings. The normalized spacial score (nSPS) is 16.1. The van der Waals surface area contributed by atoms with E-state index < -0.39 is 17.6 Å². The number of amides is 2. The minimum Gasteiger partial charge on any atom is -0.495 e. The number of fused-ring (bicyclic) bond motifs is 1. The molecule has 1 aliphatic heterocycles. The second-order valence-electron chi connectivity index (χ2n) is 5.37. The summed E-state index contributed by atoms with van der Waals surface area (Å²) in [5, 5.41) is 5.74. The first-order chi connectivity index (χ1) is 11.5. The van der Waals surface area contributed by atoms with Gasteiger partial charge in [0.2, 0.25) is 11.8 Å². The lowest BCUT2D eigenvalue weighted by Gasteiger charge is -2.25. The van der Waals surface area contributed by atoms with Gasteiger partial charge >= 0.3 is 0 Å². The molecular weight excluding hydrogens is 335 g/mol. The standard InChI is InChI=1S/C17H14ClFN2O3/c1-24-15-5-2-9(18)6-14(15)21-17(23)12-8-16(22)20-13-7-10(19)3-4-11(12)13/h2-7,12H,8H2,1H3,(H,20,22)(H,21,23). The van der Waals surface area contributed by atoms with Gasteiger partial charge in [-0.3, -0.25) is 9.59 Å². The van der Waals surface area contributed by atoms with E-state index in [1.54, 1.807) is 18.2 Å². The molecule has 1 atom stereocenters. The Balaban J connectivity index is 1.91. The minimum absolute atomic E-state index is 0.0205. The summed E-state index contributed by atoms with van der Waals surface area (Å²) in [4.78, 5) is 24.5. The highest BCUT2D eigenvalue weighted by Crippen LogP contribution is 2.35. The third-order valence-corrected chi connectivity index (χ3v) is 4.03. The quantitative estimate of drug-likeness (QED) is 0.891. The maximum atomic E-state index is 13.4. The molecule has 2 amide bonds. The van der Waals surface area contributed by atoms with Crippen molar-refractivity contribution < 1.29 is 18.7 Å². The second-order valence-corrected chi connectivity index (χ2v) is 5.81. The van der Waals surface area contributed by atoms with E-state index in [-0.39, 0.29) is 12.3 Å². The Morgan fingerprint density at radius 1 is 1.33 bits per heavy atom. The highest BCUT2D eigenvalue weighted by molar-refractivity contribution is 6.31. The van der Waals surface area contributed by atoms with Crippen LogP contribution in [0, 0.1) is 5.82 Å². The fraction of sp³-hybridized carbons (Fsp3) is 0.176. The number of benzene rings is 2. The third-order valence-electron chi connectivity index (χ3n) is 3.79. The van der Waals surface area contributed by atoms with Crippen molar-refractivity contribution in [3.8, 4) is 5.75 Å². The average Bonchev–Trinajstić information content (AvgIpc) is 2.53. The summed E-state index contributed by atoms with van der Waals surface area (Å²) in [6, 6.07) is 8.80. The molecule has 0 radical (unpaired) electrons. The van der Waals surface area contributed by atoms with E-state index in [1.165, 1.54) is 25.3 Å². The van der Waals surface area contributed by atoms with Crippen molar-refractivity contribution in [1.29, 1.82) is 0 Å². The zero-order valence-corrected chi connectivity index (χ0v) is 13.5. The van der Waals surface area contributed by atoms with Gasteiger partial charge in [0.1, 0.15) is 11.6 Å². The van der Waals surface area contributed by atoms with Crippen molar-refractivity contribution in [2.24, 2.45) is 0 Å². The molecule has 24 heavy (non-hydrogen) atoms. The van der Waals surface area contributed by atoms with Crippen molar-refractivity contribution in [3.05, 3.63) is 52.8 Å². The van der Waals surface area contributed by atoms with Gasteiger partial charge in [0, 0.05) is 17.1 Å². The summed E-state index contributed by atoms with van der Waals surface area (Å²) in [5.41, 5.74) is 1.28. The molecule has 0 aromatic heterocycles. The van der Waals surface area contributed by atoms with Gasteiger partial charge in [-0.2, -0.15) is 0 Å². The zero-order chi connectivity index (χ0) is 17.3. The van der Waals surface area contributed by atoms with Crippen molar-refractivity contribution >= 4 is 34.8 Å². The Morgan fingerprint density at radius 3 is 2.88 bits per heavy atom. The van der Waals surface area contributed by atoms with Gasteiger partial charge in [0.15, 0.2) is 0 Å². The van der Waals surface area contributed by atoms with Crippen molar-refractivity contribution in [1.82, 2.24) is 0 Å². The highest BCUT2D eigenvalue weighted by atomic mass is 35.5. The number of nitrogens with one attached hydrogen (secondary N) is 2. The lowest BCUT2D eigenvalue weighted by molar-refractivity contribution is -0.123. The van der Waals surface area contributed by atoms with Crippen LogP contribution in [0.25, 0.3) is 0 Å². The fourth-order valence-electron chi connectivity index (χ4n) is 2.67. The Morgan fingerprint density at radius 2 is 2.12 bits per heavy atom. The molecule has 3 rings (SSSR count). The number of carbonyl (C=O) groups excluding carboxylic acids is 2. The van der Waals surface area contributed by atoms with E-state index in [9.17, 15) is 14.0 Å². The summed E-state index contributed by atoms with van der Waals surface area (Å²) in [6.07, 6.45) is -0.0205. The molecule has 124 valence electrons. The van der Waals surface area contributed by atoms with Crippen LogP contribution in [0.5, 0.6) is 5.75 Å². The molecular formula is C17H14ClFN2O3. The van der Waals surface area contributed by atoms with Crippen LogP contribution < -0.4 is 15.4 Å². The summed E-state index contributed by atoms with van der Waals surface area (Å²) < 4.78 is 18.5. The maximum absolute atomic E-state index is 13.4. The van der Waals surface area contributed by atoms with E-state index in [2.05, 4.69) is 10.6 Å². The summed E-state index contributed by atoms with van der Waals surface area (Å²) in [5.74, 6) is -1.48. The number of hydrogen-bond donors (Lipinski definition) is 2. The number of halogens is 2. The largest absolute Gasteiger partial charge is 0.495 e. The van der Waals surface area contributed by atoms with Crippen LogP contribution in [0.3, 0.4) is 0 Å². The number of hydrogen-bond acceptors (Lipinski definition) is 3. The van der Waals surface area contributed by atoms with Crippen LogP contribution in [0.2, 0.25) is 5.02 Å². The maximum Gasteiger partial charge on any atom is 0.232 e. The molecule has 0 aliphatic carbocycles. The number of carbonyl (C=O) groups is 2. The van der Waals surface area contributed by atoms with Crippen molar-refractivity contribution in [3.63, 3.8) is 0 Å².